The molecule has 0 atom stereocenters. The van der Waals surface area contributed by atoms with Crippen LogP contribution in [0.4, 0.5) is 0 Å². The highest BCUT2D eigenvalue weighted by atomic mass is 127. The van der Waals surface area contributed by atoms with Crippen molar-refractivity contribution in [3.8, 4) is 0 Å². The summed E-state index contributed by atoms with van der Waals surface area (Å²) in [5.74, 6) is -0.673. The molecule has 0 spiro atoms. The maximum Gasteiger partial charge on any atom is 0.340 e. The molecule has 7 heteroatoms. The van der Waals surface area contributed by atoms with Gasteiger partial charge in [-0.2, -0.15) is 0 Å². The van der Waals surface area contributed by atoms with Crippen LogP contribution in [0.3, 0.4) is 0 Å². The summed E-state index contributed by atoms with van der Waals surface area (Å²) in [6.45, 7) is 0. The van der Waals surface area contributed by atoms with Crippen LogP contribution >= 0.6 is 38.5 Å². The Morgan fingerprint density at radius 3 is 2.94 bits per heavy atom. The first-order chi connectivity index (χ1) is 8.10. The van der Waals surface area contributed by atoms with Crippen molar-refractivity contribution in [2.24, 2.45) is 5.11 Å². The number of nitrogens with zero attached hydrogens (tertiary/aromatic N) is 3. The normalized spacial score (nSPS) is 10.6. The number of carbonyl (C=O) groups is 1. The number of methoxy groups -OCH3 is 1. The van der Waals surface area contributed by atoms with E-state index in [1.54, 1.807) is 6.07 Å². The molecule has 0 fully saturated rings. The standard InChI is InChI=1S/C10H7BrIN3O2/c1-17-10(16)8(14-15-13)5-6-3-2-4-7(12)9(6)11/h2-5H,1H3/b8-5-. The smallest absolute Gasteiger partial charge is 0.340 e. The van der Waals surface area contributed by atoms with E-state index in [-0.39, 0.29) is 5.70 Å². The van der Waals surface area contributed by atoms with Crippen molar-refractivity contribution in [2.45, 2.75) is 0 Å². The second kappa shape index (κ2) is 6.63. The average Bonchev–Trinajstić information content (AvgIpc) is 2.33. The van der Waals surface area contributed by atoms with Gasteiger partial charge in [0.2, 0.25) is 0 Å². The molecule has 5 nitrogen and oxygen atoms in total. The van der Waals surface area contributed by atoms with Crippen molar-refractivity contribution in [3.05, 3.63) is 47.9 Å². The Bertz CT molecular complexity index is 524. The number of carbonyl (C=O) groups excluding carboxylic acids is 1. The van der Waals surface area contributed by atoms with Crippen LogP contribution in [-0.2, 0) is 9.53 Å². The van der Waals surface area contributed by atoms with Crippen LogP contribution in [0.25, 0.3) is 16.5 Å². The van der Waals surface area contributed by atoms with Crippen LogP contribution in [0.2, 0.25) is 0 Å². The first-order valence-corrected chi connectivity index (χ1v) is 6.26. The largest absolute Gasteiger partial charge is 0.466 e. The van der Waals surface area contributed by atoms with E-state index >= 15 is 0 Å². The fraction of sp³-hybridized carbons (Fsp3) is 0.100. The molecular formula is C10H7BrIN3O2. The number of esters is 1. The summed E-state index contributed by atoms with van der Waals surface area (Å²) in [5, 5.41) is 3.30. The molecule has 17 heavy (non-hydrogen) atoms. The molecule has 0 heterocycles. The lowest BCUT2D eigenvalue weighted by molar-refractivity contribution is -0.136. The Balaban J connectivity index is 3.26. The molecule has 0 unspecified atom stereocenters. The molecule has 0 saturated carbocycles. The molecule has 0 amide bonds. The SMILES string of the molecule is COC(=O)/C(=C/c1cccc(I)c1Br)N=[N+]=[N-]. The van der Waals surface area contributed by atoms with E-state index in [4.69, 9.17) is 5.53 Å². The Hall–Kier alpha value is -1.05. The predicted octanol–water partition coefficient (Wildman–Crippen LogP) is 3.88. The molecule has 0 aliphatic carbocycles. The third-order valence-corrected chi connectivity index (χ3v) is 4.35. The summed E-state index contributed by atoms with van der Waals surface area (Å²) in [6.07, 6.45) is 1.47. The topological polar surface area (TPSA) is 75.1 Å². The van der Waals surface area contributed by atoms with E-state index in [0.717, 1.165) is 13.6 Å². The van der Waals surface area contributed by atoms with Gasteiger partial charge in [0.1, 0.15) is 5.70 Å². The molecular weight excluding hydrogens is 401 g/mol. The van der Waals surface area contributed by atoms with E-state index in [0.29, 0.717) is 0 Å². The lowest BCUT2D eigenvalue weighted by atomic mass is 10.2. The zero-order valence-corrected chi connectivity index (χ0v) is 12.5. The second-order valence-corrected chi connectivity index (χ2v) is 4.81. The monoisotopic (exact) mass is 407 g/mol. The zero-order valence-electron chi connectivity index (χ0n) is 8.72. The minimum absolute atomic E-state index is 0.0855. The van der Waals surface area contributed by atoms with Gasteiger partial charge >= 0.3 is 5.97 Å². The summed E-state index contributed by atoms with van der Waals surface area (Å²) in [6, 6.07) is 5.54. The fourth-order valence-corrected chi connectivity index (χ4v) is 1.96. The molecule has 1 rings (SSSR count). The first-order valence-electron chi connectivity index (χ1n) is 4.39. The number of hydrogen-bond donors (Lipinski definition) is 0. The number of rotatable bonds is 3. The van der Waals surface area contributed by atoms with Crippen molar-refractivity contribution in [1.29, 1.82) is 0 Å². The molecule has 1 aromatic carbocycles. The molecule has 0 radical (unpaired) electrons. The highest BCUT2D eigenvalue weighted by Crippen LogP contribution is 2.25. The molecule has 0 bridgehead atoms. The van der Waals surface area contributed by atoms with E-state index in [9.17, 15) is 4.79 Å². The first kappa shape index (κ1) is 14.0. The average molecular weight is 408 g/mol. The van der Waals surface area contributed by atoms with Gasteiger partial charge in [-0.1, -0.05) is 17.2 Å². The molecule has 88 valence electrons. The Morgan fingerprint density at radius 2 is 2.35 bits per heavy atom. The Labute approximate surface area is 120 Å². The van der Waals surface area contributed by atoms with E-state index in [1.807, 2.05) is 12.1 Å². The minimum Gasteiger partial charge on any atom is -0.466 e. The number of ether oxygens (including phenoxy) is 1. The third-order valence-electron chi connectivity index (χ3n) is 1.82. The van der Waals surface area contributed by atoms with Crippen LogP contribution in [0.1, 0.15) is 5.56 Å². The van der Waals surface area contributed by atoms with Gasteiger partial charge in [-0.15, -0.1) is 0 Å². The quantitative estimate of drug-likeness (QED) is 0.190. The van der Waals surface area contributed by atoms with Crippen molar-refractivity contribution in [1.82, 2.24) is 0 Å². The van der Waals surface area contributed by atoms with E-state index in [2.05, 4.69) is 53.3 Å². The van der Waals surface area contributed by atoms with Gasteiger partial charge < -0.3 is 4.74 Å². The molecule has 0 N–H and O–H groups in total. The van der Waals surface area contributed by atoms with E-state index < -0.39 is 5.97 Å². The predicted molar refractivity (Wildman–Crippen MR) is 76.0 cm³/mol. The van der Waals surface area contributed by atoms with Gasteiger partial charge in [0.05, 0.1) is 7.11 Å². The van der Waals surface area contributed by atoms with Crippen LogP contribution in [0.15, 0.2) is 33.5 Å². The van der Waals surface area contributed by atoms with Gasteiger partial charge in [-0.25, -0.2) is 4.79 Å². The zero-order chi connectivity index (χ0) is 12.8. The molecule has 1 aromatic rings. The van der Waals surface area contributed by atoms with Crippen molar-refractivity contribution < 1.29 is 9.53 Å². The molecule has 0 aliphatic rings. The molecule has 0 aliphatic heterocycles. The van der Waals surface area contributed by atoms with Crippen LogP contribution < -0.4 is 0 Å². The van der Waals surface area contributed by atoms with Crippen LogP contribution in [0, 0.1) is 3.57 Å². The summed E-state index contributed by atoms with van der Waals surface area (Å²) < 4.78 is 6.33. The van der Waals surface area contributed by atoms with Crippen LogP contribution in [0.5, 0.6) is 0 Å². The summed E-state index contributed by atoms with van der Waals surface area (Å²) >= 11 is 5.54. The Kier molecular flexibility index (Phi) is 5.46. The molecule has 0 aromatic heterocycles. The highest BCUT2D eigenvalue weighted by molar-refractivity contribution is 14.1. The van der Waals surface area contributed by atoms with Gasteiger partial charge in [0.25, 0.3) is 0 Å². The number of benzene rings is 1. The third kappa shape index (κ3) is 3.72. The van der Waals surface area contributed by atoms with Gasteiger partial charge in [0.15, 0.2) is 0 Å². The highest BCUT2D eigenvalue weighted by Gasteiger charge is 2.09. The van der Waals surface area contributed by atoms with Gasteiger partial charge in [0, 0.05) is 13.0 Å². The maximum absolute atomic E-state index is 11.3. The number of hydrogen-bond acceptors (Lipinski definition) is 3. The summed E-state index contributed by atoms with van der Waals surface area (Å²) in [4.78, 5) is 13.9. The number of halogens is 2. The van der Waals surface area contributed by atoms with Gasteiger partial charge in [-0.3, -0.25) is 0 Å². The van der Waals surface area contributed by atoms with Crippen LogP contribution in [-0.4, -0.2) is 13.1 Å². The Morgan fingerprint density at radius 1 is 1.65 bits per heavy atom. The lowest BCUT2D eigenvalue weighted by Crippen LogP contribution is -2.02. The van der Waals surface area contributed by atoms with Crippen molar-refractivity contribution in [2.75, 3.05) is 7.11 Å². The number of azide groups is 1. The van der Waals surface area contributed by atoms with Gasteiger partial charge in [-0.05, 0) is 61.8 Å². The van der Waals surface area contributed by atoms with Crippen molar-refractivity contribution >= 4 is 50.6 Å². The minimum atomic E-state index is -0.673. The summed E-state index contributed by atoms with van der Waals surface area (Å²) in [7, 11) is 1.23. The fourth-order valence-electron chi connectivity index (χ4n) is 1.06. The maximum atomic E-state index is 11.3. The summed E-state index contributed by atoms with van der Waals surface area (Å²) in [5.41, 5.74) is 9.03. The van der Waals surface area contributed by atoms with E-state index in [1.165, 1.54) is 13.2 Å². The van der Waals surface area contributed by atoms with Crippen molar-refractivity contribution in [3.63, 3.8) is 0 Å². The lowest BCUT2D eigenvalue weighted by Gasteiger charge is -2.03. The molecule has 0 saturated heterocycles. The second-order valence-electron chi connectivity index (χ2n) is 2.85.